The summed E-state index contributed by atoms with van der Waals surface area (Å²) in [6.07, 6.45) is -4.33. The number of nitrogens with one attached hydrogen (secondary N) is 12. The molecule has 0 bridgehead atoms. The van der Waals surface area contributed by atoms with Gasteiger partial charge in [0.15, 0.2) is 0 Å². The van der Waals surface area contributed by atoms with Crippen LogP contribution in [-0.2, 0) is 89.6 Å². The summed E-state index contributed by atoms with van der Waals surface area (Å²) in [7, 11) is 0. The molecule has 1 heterocycles. The fraction of sp³-hybridized carbons (Fsp3) is 0.525. The maximum atomic E-state index is 14.2. The first-order valence-electron chi connectivity index (χ1n) is 30.8. The molecule has 36 nitrogen and oxygen atoms in total. The van der Waals surface area contributed by atoms with E-state index in [-0.39, 0.29) is 142 Å². The van der Waals surface area contributed by atoms with E-state index in [0.717, 1.165) is 11.8 Å². The number of benzene rings is 2. The zero-order valence-corrected chi connectivity index (χ0v) is 68.6. The Morgan fingerprint density at radius 2 is 0.832 bits per heavy atom. The average molecular weight is 1740 g/mol. The van der Waals surface area contributed by atoms with E-state index < -0.39 is 222 Å². The number of carboxylic acid groups (broad SMARTS) is 3. The molecule has 2 aromatic rings. The third kappa shape index (κ3) is 36.4. The maximum Gasteiger partial charge on any atom is 0.326 e. The van der Waals surface area contributed by atoms with Gasteiger partial charge in [-0.05, 0) is 68.5 Å². The van der Waals surface area contributed by atoms with Crippen LogP contribution < -0.4 is 69.5 Å². The van der Waals surface area contributed by atoms with Gasteiger partial charge in [-0.25, -0.2) is 4.79 Å². The van der Waals surface area contributed by atoms with E-state index in [4.69, 9.17) is 5.73 Å². The molecule has 13 amide bonds. The molecule has 1 aliphatic heterocycles. The molecule has 1 aliphatic rings. The van der Waals surface area contributed by atoms with Gasteiger partial charge >= 0.3 is 17.9 Å². The van der Waals surface area contributed by atoms with Gasteiger partial charge in [0.2, 0.25) is 76.8 Å². The molecule has 1 fully saturated rings. The molecule has 0 radical (unpaired) electrons. The monoisotopic (exact) mass is 1740 g/mol. The van der Waals surface area contributed by atoms with Crippen LogP contribution in [0.3, 0.4) is 0 Å². The number of aliphatic hydroxyl groups excluding tert-OH is 1. The molecule has 0 aromatic heterocycles. The van der Waals surface area contributed by atoms with Crippen LogP contribution in [0.15, 0.2) is 48.5 Å². The second-order valence-corrected chi connectivity index (χ2v) is 25.0. The number of phenols is 2. The van der Waals surface area contributed by atoms with Gasteiger partial charge in [-0.3, -0.25) is 71.9 Å². The van der Waals surface area contributed by atoms with Crippen molar-refractivity contribution in [3.63, 3.8) is 0 Å². The van der Waals surface area contributed by atoms with E-state index in [0.29, 0.717) is 11.1 Å². The summed E-state index contributed by atoms with van der Waals surface area (Å²) in [6.45, 7) is 1.31. The van der Waals surface area contributed by atoms with Gasteiger partial charge in [0.25, 0.3) is 0 Å². The van der Waals surface area contributed by atoms with Gasteiger partial charge in [-0.2, -0.15) is 157 Å². The number of hydrogen-bond donors (Lipinski definition) is 25. The highest BCUT2D eigenvalue weighted by Gasteiger charge is 2.41. The molecule has 1 saturated heterocycles. The molecule has 2 aromatic carbocycles. The van der Waals surface area contributed by atoms with E-state index in [1.165, 1.54) is 55.5 Å². The molecule has 0 saturated carbocycles. The van der Waals surface area contributed by atoms with Crippen LogP contribution >= 0.6 is 157 Å². The van der Waals surface area contributed by atoms with Crippen LogP contribution in [0.25, 0.3) is 0 Å². The Labute approximate surface area is 690 Å². The van der Waals surface area contributed by atoms with Crippen molar-refractivity contribution in [3.8, 4) is 11.5 Å². The summed E-state index contributed by atoms with van der Waals surface area (Å²) in [4.78, 5) is 212. The van der Waals surface area contributed by atoms with Gasteiger partial charge in [-0.15, -0.1) is 0 Å². The lowest BCUT2D eigenvalue weighted by Gasteiger charge is -2.30. The fourth-order valence-electron chi connectivity index (χ4n) is 9.38. The second kappa shape index (κ2) is 54.3. The van der Waals surface area contributed by atoms with E-state index in [2.05, 4.69) is 140 Å². The molecule has 3 rings (SSSR count). The lowest BCUT2D eigenvalue weighted by molar-refractivity contribution is -0.146. The minimum Gasteiger partial charge on any atom is -0.508 e. The Bertz CT molecular complexity index is 3310. The lowest BCUT2D eigenvalue weighted by Crippen LogP contribution is -2.61. The van der Waals surface area contributed by atoms with Crippen molar-refractivity contribution < 1.29 is 107 Å². The first-order valence-corrected chi connectivity index (χ1v) is 34.6. The number of aliphatic hydroxyl groups is 1. The van der Waals surface area contributed by atoms with Crippen LogP contribution in [-0.4, -0.2) is 262 Å². The lowest BCUT2D eigenvalue weighted by atomic mass is 10.0. The number of hydrogen-bond acceptors (Lipinski definition) is 26. The number of rotatable bonds is 42. The summed E-state index contributed by atoms with van der Waals surface area (Å²) in [5.74, 6) is -20.2. The van der Waals surface area contributed by atoms with Crippen molar-refractivity contribution in [3.05, 3.63) is 59.7 Å². The minimum atomic E-state index is -1.91. The Morgan fingerprint density at radius 1 is 0.458 bits per heavy atom. The SMILES string of the molecule is C[C@H](NC(=O)[C@@H]1CCCN1C(=O)C(CC(=O)O)NC(=O)[C@H](CS)NC(=O)C(CS)NC(=O)[C@H](Cc1ccc(O)cc1)NC(=O)C(CCC(=O)O)NC(=O)[C@H](CS)NC(=O)[C@@H](N)CS)C(=O)N[C@@H](CS)C(=O)N[C@H](C(=O)NCC(=O)N[C@@H](CS)C(=O)N[C@@H](Cc1ccc(O)cc1)C(=O)O)[C@@H](C)O.S.S.S.S.S.S. The summed E-state index contributed by atoms with van der Waals surface area (Å²) in [5, 5.41) is 86.8. The van der Waals surface area contributed by atoms with E-state index in [1.54, 1.807) is 0 Å². The Kier molecular flexibility index (Phi) is 54.3. The van der Waals surface area contributed by atoms with Crippen molar-refractivity contribution in [1.82, 2.24) is 68.7 Å². The number of carbonyl (C=O) groups is 16. The van der Waals surface area contributed by atoms with E-state index in [9.17, 15) is 107 Å². The molecule has 606 valence electrons. The minimum absolute atomic E-state index is 0. The van der Waals surface area contributed by atoms with Crippen LogP contribution in [0.5, 0.6) is 11.5 Å². The van der Waals surface area contributed by atoms with Gasteiger partial charge in [-0.1, -0.05) is 24.3 Å². The summed E-state index contributed by atoms with van der Waals surface area (Å²) in [6, 6.07) is -9.24. The number of amides is 13. The third-order valence-electron chi connectivity index (χ3n) is 15.0. The zero-order valence-electron chi connectivity index (χ0n) is 57.2. The molecule has 0 aliphatic carbocycles. The predicted octanol–water partition coefficient (Wildman–Crippen LogP) is -6.27. The number of likely N-dealkylation sites (tertiary alicyclic amines) is 1. The number of aliphatic carboxylic acids is 3. The predicted molar refractivity (Wildman–Crippen MR) is 440 cm³/mol. The largest absolute Gasteiger partial charge is 0.508 e. The third-order valence-corrected chi connectivity index (χ3v) is 17.2. The molecule has 48 heteroatoms. The average Bonchev–Trinajstić information content (AvgIpc) is 1.74. The summed E-state index contributed by atoms with van der Waals surface area (Å²) >= 11 is 24.5. The van der Waals surface area contributed by atoms with Gasteiger partial charge in [0.05, 0.1) is 25.1 Å². The van der Waals surface area contributed by atoms with E-state index in [1.807, 2.05) is 0 Å². The van der Waals surface area contributed by atoms with Crippen molar-refractivity contribution in [2.45, 2.75) is 143 Å². The number of thiol groups is 6. The number of carbonyl (C=O) groups excluding carboxylic acids is 13. The van der Waals surface area contributed by atoms with Crippen LogP contribution in [0.4, 0.5) is 0 Å². The number of nitrogens with zero attached hydrogens (tertiary/aromatic N) is 1. The molecule has 107 heavy (non-hydrogen) atoms. The molecular weight excluding hydrogens is 1640 g/mol. The standard InChI is InChI=1S/C59H84N14O22S6.6H2S/c1-26(47(82)68-41(25-101)55(90)72-46(27(2)74)57(92)61-19-43(77)63-37(21-97)51(86)67-36(59(94)95)17-29-7-11-31(76)12-8-29)62-56(91)42-4-3-15-73(42)58(93)35(18-45(80)81)66-53(88)39(23-99)71-54(89)40(24-100)70-50(85)34(16-28-5-9-30(75)10-6-28)65-49(84)33(13-14-44(78)79)64-52(87)38(22-98)69-48(83)32(60)20-96;;;;;;/h5-12,26-27,32-42,46,74-76,96-101H,3-4,13-25,60H2,1-2H3,(H,61,92)(H,62,91)(H,63,77)(H,64,87)(H,65,84)(H,66,88)(H,67,86)(H,68,82)(H,69,83)(H,70,85)(H,71,89)(H,72,90)(H,78,79)(H,80,81)(H,94,95);6*1H2/t26-,27+,32-,33?,34-,35?,36-,37-,38-,39-,40?,41-,42-,46-;;;;;;/m0....../s1. The summed E-state index contributed by atoms with van der Waals surface area (Å²) in [5.41, 5.74) is 6.48. The molecule has 20 N–H and O–H groups in total. The number of nitrogens with two attached hydrogens (primary N) is 1. The van der Waals surface area contributed by atoms with Gasteiger partial charge < -0.3 is 105 Å². The Morgan fingerprint density at radius 3 is 1.25 bits per heavy atom. The fourth-order valence-corrected chi connectivity index (χ4v) is 10.8. The molecule has 14 atom stereocenters. The maximum absolute atomic E-state index is 14.2. The molecular formula is C59H96N14O22S12. The first-order chi connectivity index (χ1) is 47.6. The van der Waals surface area contributed by atoms with Crippen molar-refractivity contribution >= 4 is 251 Å². The van der Waals surface area contributed by atoms with Gasteiger partial charge in [0.1, 0.15) is 84.0 Å². The van der Waals surface area contributed by atoms with Gasteiger partial charge in [0, 0.05) is 60.3 Å². The topological polar surface area (TPSA) is 568 Å². The highest BCUT2D eigenvalue weighted by molar-refractivity contribution is 7.81. The number of carboxylic acids is 3. The Balaban J connectivity index is -0.00000884. The molecule has 0 spiro atoms. The van der Waals surface area contributed by atoms with Crippen LogP contribution in [0.1, 0.15) is 57.1 Å². The summed E-state index contributed by atoms with van der Waals surface area (Å²) < 4.78 is 0. The quantitative estimate of drug-likeness (QED) is 0.0275. The number of aromatic hydroxyl groups is 2. The highest BCUT2D eigenvalue weighted by Crippen LogP contribution is 2.21. The molecule has 3 unspecified atom stereocenters. The Hall–Kier alpha value is -6.32. The van der Waals surface area contributed by atoms with Crippen molar-refractivity contribution in [2.75, 3.05) is 47.6 Å². The van der Waals surface area contributed by atoms with Crippen molar-refractivity contribution in [1.29, 1.82) is 0 Å². The van der Waals surface area contributed by atoms with Crippen LogP contribution in [0, 0.1) is 0 Å². The van der Waals surface area contributed by atoms with E-state index >= 15 is 0 Å². The van der Waals surface area contributed by atoms with Crippen molar-refractivity contribution in [2.24, 2.45) is 5.73 Å². The zero-order chi connectivity index (χ0) is 76.0. The normalized spacial score (nSPS) is 15.5. The smallest absolute Gasteiger partial charge is 0.326 e. The second-order valence-electron chi connectivity index (χ2n) is 22.8. The van der Waals surface area contributed by atoms with Crippen LogP contribution in [0.2, 0.25) is 0 Å². The highest BCUT2D eigenvalue weighted by atomic mass is 32.1. The number of phenolic OH excluding ortho intramolecular Hbond substituents is 2. The first kappa shape index (κ1) is 107.